The maximum Gasteiger partial charge on any atom is 0.350 e. The van der Waals surface area contributed by atoms with Gasteiger partial charge in [-0.25, -0.2) is 9.59 Å². The van der Waals surface area contributed by atoms with Gasteiger partial charge in [-0.1, -0.05) is 81.1 Å². The lowest BCUT2D eigenvalue weighted by Crippen LogP contribution is -2.47. The molecule has 0 radical (unpaired) electrons. The summed E-state index contributed by atoms with van der Waals surface area (Å²) in [7, 11) is 0. The molecule has 12 heteroatoms. The van der Waals surface area contributed by atoms with Crippen molar-refractivity contribution < 1.29 is 57.2 Å². The van der Waals surface area contributed by atoms with Crippen molar-refractivity contribution in [1.29, 1.82) is 0 Å². The molecule has 16 atom stereocenters. The van der Waals surface area contributed by atoms with Crippen LogP contribution in [-0.4, -0.2) is 70.9 Å². The molecule has 0 aliphatic heterocycles. The van der Waals surface area contributed by atoms with Crippen molar-refractivity contribution in [1.82, 2.24) is 0 Å². The fourth-order valence-corrected chi connectivity index (χ4v) is 16.8. The first-order valence-corrected chi connectivity index (χ1v) is 31.5. The van der Waals surface area contributed by atoms with Gasteiger partial charge in [0.1, 0.15) is 16.8 Å². The predicted molar refractivity (Wildman–Crippen MR) is 296 cm³/mol. The molecular formula is C65H106O12. The van der Waals surface area contributed by atoms with Crippen LogP contribution in [0.1, 0.15) is 238 Å². The van der Waals surface area contributed by atoms with Gasteiger partial charge < -0.3 is 28.4 Å². The van der Waals surface area contributed by atoms with Gasteiger partial charge in [-0.3, -0.25) is 19.2 Å². The van der Waals surface area contributed by atoms with Gasteiger partial charge >= 0.3 is 35.8 Å². The summed E-state index contributed by atoms with van der Waals surface area (Å²) in [5.41, 5.74) is -2.40. The minimum atomic E-state index is -1.24. The lowest BCUT2D eigenvalue weighted by Gasteiger charge is -2.39. The van der Waals surface area contributed by atoms with Crippen molar-refractivity contribution in [3.8, 4) is 0 Å². The molecule has 9 aliphatic carbocycles. The van der Waals surface area contributed by atoms with Crippen LogP contribution in [0, 0.1) is 101 Å². The van der Waals surface area contributed by atoms with E-state index in [1.807, 2.05) is 20.8 Å². The highest BCUT2D eigenvalue weighted by Crippen LogP contribution is 2.57. The molecule has 438 valence electrons. The van der Waals surface area contributed by atoms with Crippen molar-refractivity contribution in [2.24, 2.45) is 101 Å². The second-order valence-electron chi connectivity index (χ2n) is 28.6. The zero-order chi connectivity index (χ0) is 56.4. The lowest BCUT2D eigenvalue weighted by molar-refractivity contribution is -0.195. The molecule has 0 heterocycles. The first kappa shape index (κ1) is 61.4. The summed E-state index contributed by atoms with van der Waals surface area (Å²) < 4.78 is 34.2. The summed E-state index contributed by atoms with van der Waals surface area (Å²) in [5.74, 6) is 6.46. The van der Waals surface area contributed by atoms with E-state index < -0.39 is 23.3 Å². The monoisotopic (exact) mass is 1080 g/mol. The Morgan fingerprint density at radius 1 is 0.532 bits per heavy atom. The van der Waals surface area contributed by atoms with Crippen LogP contribution in [0.25, 0.3) is 0 Å². The van der Waals surface area contributed by atoms with Crippen LogP contribution >= 0.6 is 0 Å². The molecule has 0 aromatic heterocycles. The molecule has 0 spiro atoms. The Kier molecular flexibility index (Phi) is 20.2. The highest BCUT2D eigenvalue weighted by Gasteiger charge is 2.55. The van der Waals surface area contributed by atoms with E-state index in [9.17, 15) is 28.8 Å². The molecule has 9 rings (SSSR count). The molecule has 9 aliphatic rings. The molecule has 77 heavy (non-hydrogen) atoms. The van der Waals surface area contributed by atoms with Crippen LogP contribution in [0.15, 0.2) is 0 Å². The standard InChI is InChI=1S/C23H38O4.2C21H34O4/c1-14-15(2)18-12-16(14)13-19(18)20(24)26-23(5,6)21(25)27-22(3,4)17-10-8-7-9-11-17;1-12(2)21(8-6-7-9-21)25-19(22)15(5)24-20(23)18-11-16-10-17(18)14(4)13(16)3;1-14-15(2)17-12-16(14)13-18(17)20(23)24-11-7-8-19(22)25-21(3)9-5-4-6-10-21/h14-19H,7-13H2,1-6H3;12-18H,6-11H2,1-5H3;14-18H,4-13H2,1-3H3. The van der Waals surface area contributed by atoms with Gasteiger partial charge in [-0.15, -0.1) is 0 Å². The van der Waals surface area contributed by atoms with E-state index in [0.717, 1.165) is 102 Å². The summed E-state index contributed by atoms with van der Waals surface area (Å²) >= 11 is 0. The zero-order valence-corrected chi connectivity index (χ0v) is 50.6. The Morgan fingerprint density at radius 2 is 0.987 bits per heavy atom. The molecular weight excluding hydrogens is 973 g/mol. The molecule has 0 aromatic rings. The van der Waals surface area contributed by atoms with Crippen molar-refractivity contribution in [2.75, 3.05) is 6.61 Å². The van der Waals surface area contributed by atoms with E-state index in [0.29, 0.717) is 90.5 Å². The number of hydrogen-bond donors (Lipinski definition) is 0. The second-order valence-corrected chi connectivity index (χ2v) is 28.6. The Labute approximate surface area is 465 Å². The van der Waals surface area contributed by atoms with Gasteiger partial charge in [0, 0.05) is 6.42 Å². The highest BCUT2D eigenvalue weighted by molar-refractivity contribution is 5.84. The molecule has 12 nitrogen and oxygen atoms in total. The SMILES string of the molecule is CC(OC(=O)C1CC2CC1C(C)C2C)C(=O)OC1(C(C)C)CCCC1.CC1C2CC(C(=O)OC(C)(C)C(=O)OC(C)(C)C3CCCCC3)C(C2)C1C.CC1C2CC(C(=O)OCCCC(=O)OC3(C)CCCCC3)C(C2)C1C. The van der Waals surface area contributed by atoms with Gasteiger partial charge in [0.25, 0.3) is 0 Å². The molecule has 6 bridgehead atoms. The minimum absolute atomic E-state index is 0.0306. The van der Waals surface area contributed by atoms with Crippen LogP contribution < -0.4 is 0 Å². The third kappa shape index (κ3) is 14.1. The fraction of sp³-hybridized carbons (Fsp3) is 0.908. The van der Waals surface area contributed by atoms with Gasteiger partial charge in [0.05, 0.1) is 24.4 Å². The van der Waals surface area contributed by atoms with E-state index in [1.165, 1.54) is 32.1 Å². The average molecular weight is 1080 g/mol. The third-order valence-electron chi connectivity index (χ3n) is 22.9. The first-order valence-electron chi connectivity index (χ1n) is 31.5. The van der Waals surface area contributed by atoms with E-state index in [-0.39, 0.29) is 64.7 Å². The summed E-state index contributed by atoms with van der Waals surface area (Å²) in [6.07, 6.45) is 21.7. The highest BCUT2D eigenvalue weighted by atomic mass is 16.6. The quantitative estimate of drug-likeness (QED) is 0.0819. The van der Waals surface area contributed by atoms with Crippen LogP contribution in [-0.2, 0) is 57.2 Å². The number of ether oxygens (including phenoxy) is 6. The molecule has 9 saturated carbocycles. The van der Waals surface area contributed by atoms with E-state index in [1.54, 1.807) is 20.8 Å². The van der Waals surface area contributed by atoms with Crippen LogP contribution in [0.5, 0.6) is 0 Å². The number of esters is 6. The molecule has 16 unspecified atom stereocenters. The maximum atomic E-state index is 12.9. The lowest BCUT2D eigenvalue weighted by atomic mass is 9.76. The zero-order valence-electron chi connectivity index (χ0n) is 50.6. The summed E-state index contributed by atoms with van der Waals surface area (Å²) in [6, 6.07) is 0. The Morgan fingerprint density at radius 3 is 1.45 bits per heavy atom. The Bertz CT molecular complexity index is 2030. The molecule has 0 aromatic carbocycles. The largest absolute Gasteiger partial charge is 0.465 e. The van der Waals surface area contributed by atoms with Crippen molar-refractivity contribution in [3.05, 3.63) is 0 Å². The van der Waals surface area contributed by atoms with E-state index in [4.69, 9.17) is 28.4 Å². The van der Waals surface area contributed by atoms with Crippen LogP contribution in [0.3, 0.4) is 0 Å². The first-order chi connectivity index (χ1) is 36.2. The maximum absolute atomic E-state index is 12.9. The Balaban J connectivity index is 0.000000168. The minimum Gasteiger partial charge on any atom is -0.465 e. The molecule has 0 saturated heterocycles. The van der Waals surface area contributed by atoms with Gasteiger partial charge in [-0.2, -0.15) is 0 Å². The number of carbonyl (C=O) groups is 6. The number of carbonyl (C=O) groups excluding carboxylic acids is 6. The molecule has 9 fully saturated rings. The van der Waals surface area contributed by atoms with Crippen molar-refractivity contribution >= 4 is 35.8 Å². The molecule has 0 amide bonds. The number of rotatable bonds is 16. The topological polar surface area (TPSA) is 158 Å². The summed E-state index contributed by atoms with van der Waals surface area (Å²) in [5, 5.41) is 0. The normalized spacial score (nSPS) is 36.0. The third-order valence-corrected chi connectivity index (χ3v) is 22.9. The fourth-order valence-electron chi connectivity index (χ4n) is 16.8. The average Bonchev–Trinajstić information content (AvgIpc) is 4.28. The van der Waals surface area contributed by atoms with Crippen LogP contribution in [0.4, 0.5) is 0 Å². The number of fused-ring (bicyclic) bond motifs is 6. The van der Waals surface area contributed by atoms with Gasteiger partial charge in [-0.05, 0) is 234 Å². The van der Waals surface area contributed by atoms with E-state index >= 15 is 0 Å². The second kappa shape index (κ2) is 25.3. The Hall–Kier alpha value is -3.18. The number of hydrogen-bond acceptors (Lipinski definition) is 12. The molecule has 0 N–H and O–H groups in total. The van der Waals surface area contributed by atoms with Gasteiger partial charge in [0.15, 0.2) is 6.10 Å². The van der Waals surface area contributed by atoms with E-state index in [2.05, 4.69) is 55.4 Å². The summed E-state index contributed by atoms with van der Waals surface area (Å²) in [4.78, 5) is 75.3. The van der Waals surface area contributed by atoms with Crippen molar-refractivity contribution in [3.63, 3.8) is 0 Å². The van der Waals surface area contributed by atoms with Crippen molar-refractivity contribution in [2.45, 2.75) is 267 Å². The summed E-state index contributed by atoms with van der Waals surface area (Å²) in [6.45, 7) is 29.3. The predicted octanol–water partition coefficient (Wildman–Crippen LogP) is 14.0. The van der Waals surface area contributed by atoms with Crippen LogP contribution in [0.2, 0.25) is 0 Å². The van der Waals surface area contributed by atoms with Gasteiger partial charge in [0.2, 0.25) is 5.60 Å². The smallest absolute Gasteiger partial charge is 0.350 e.